The molecule has 0 aliphatic heterocycles. The van der Waals surface area contributed by atoms with Gasteiger partial charge in [-0.2, -0.15) is 0 Å². The molecule has 0 aliphatic carbocycles. The van der Waals surface area contributed by atoms with Crippen LogP contribution >= 0.6 is 0 Å². The third-order valence-corrected chi connectivity index (χ3v) is 3.24. The summed E-state index contributed by atoms with van der Waals surface area (Å²) in [5, 5.41) is 13.8. The fourth-order valence-electron chi connectivity index (χ4n) is 2.09. The molecule has 0 spiro atoms. The van der Waals surface area contributed by atoms with Gasteiger partial charge in [-0.05, 0) is 36.8 Å². The number of rotatable bonds is 6. The molecule has 0 heterocycles. The molecule has 0 fully saturated rings. The Hall–Kier alpha value is -3.42. The van der Waals surface area contributed by atoms with Gasteiger partial charge in [-0.1, -0.05) is 12.1 Å². The zero-order valence-corrected chi connectivity index (χ0v) is 13.6. The molecule has 0 atom stereocenters. The number of anilines is 1. The lowest BCUT2D eigenvalue weighted by atomic mass is 10.2. The highest BCUT2D eigenvalue weighted by Crippen LogP contribution is 2.28. The van der Waals surface area contributed by atoms with E-state index >= 15 is 0 Å². The van der Waals surface area contributed by atoms with Crippen molar-refractivity contribution in [2.75, 3.05) is 19.0 Å². The Morgan fingerprint density at radius 1 is 1.20 bits per heavy atom. The van der Waals surface area contributed by atoms with E-state index in [0.717, 1.165) is 11.6 Å². The molecule has 2 aromatic rings. The lowest BCUT2D eigenvalue weighted by Crippen LogP contribution is -2.20. The van der Waals surface area contributed by atoms with E-state index in [-0.39, 0.29) is 11.3 Å². The number of nitrogens with zero attached hydrogens (tertiary/aromatic N) is 1. The monoisotopic (exact) mass is 344 g/mol. The van der Waals surface area contributed by atoms with E-state index in [9.17, 15) is 19.7 Å². The van der Waals surface area contributed by atoms with Crippen molar-refractivity contribution < 1.29 is 24.0 Å². The number of aryl methyl sites for hydroxylation is 1. The molecule has 2 aromatic carbocycles. The molecule has 1 amide bonds. The van der Waals surface area contributed by atoms with Crippen molar-refractivity contribution in [3.8, 4) is 5.75 Å². The van der Waals surface area contributed by atoms with Crippen molar-refractivity contribution in [3.05, 3.63) is 63.7 Å². The number of esters is 1. The van der Waals surface area contributed by atoms with Crippen LogP contribution in [0.3, 0.4) is 0 Å². The highest BCUT2D eigenvalue weighted by molar-refractivity contribution is 5.92. The van der Waals surface area contributed by atoms with Gasteiger partial charge in [0, 0.05) is 11.8 Å². The van der Waals surface area contributed by atoms with Crippen molar-refractivity contribution in [3.63, 3.8) is 0 Å². The molecular formula is C17H16N2O6. The molecule has 0 aliphatic rings. The predicted octanol–water partition coefficient (Wildman–Crippen LogP) is 2.71. The van der Waals surface area contributed by atoms with Gasteiger partial charge in [-0.15, -0.1) is 0 Å². The number of nitro groups is 1. The van der Waals surface area contributed by atoms with Crippen LogP contribution in [0.5, 0.6) is 5.75 Å². The number of hydrogen-bond donors (Lipinski definition) is 1. The Kier molecular flexibility index (Phi) is 5.67. The van der Waals surface area contributed by atoms with Gasteiger partial charge < -0.3 is 14.8 Å². The highest BCUT2D eigenvalue weighted by Gasteiger charge is 2.20. The summed E-state index contributed by atoms with van der Waals surface area (Å²) in [5.74, 6) is -1.28. The molecule has 25 heavy (non-hydrogen) atoms. The molecule has 2 rings (SSSR count). The van der Waals surface area contributed by atoms with E-state index in [1.807, 2.05) is 13.0 Å². The second kappa shape index (κ2) is 7.91. The summed E-state index contributed by atoms with van der Waals surface area (Å²) < 4.78 is 9.74. The molecule has 0 unspecified atom stereocenters. The first-order valence-electron chi connectivity index (χ1n) is 7.27. The van der Waals surface area contributed by atoms with E-state index in [1.165, 1.54) is 19.2 Å². The molecule has 0 saturated heterocycles. The average molecular weight is 344 g/mol. The summed E-state index contributed by atoms with van der Waals surface area (Å²) >= 11 is 0. The second-order valence-electron chi connectivity index (χ2n) is 5.14. The maximum Gasteiger partial charge on any atom is 0.338 e. The van der Waals surface area contributed by atoms with Gasteiger partial charge in [0.2, 0.25) is 0 Å². The summed E-state index contributed by atoms with van der Waals surface area (Å²) in [7, 11) is 1.17. The van der Waals surface area contributed by atoms with Gasteiger partial charge in [-0.25, -0.2) is 4.79 Å². The highest BCUT2D eigenvalue weighted by atomic mass is 16.6. The Morgan fingerprint density at radius 2 is 1.96 bits per heavy atom. The van der Waals surface area contributed by atoms with Crippen molar-refractivity contribution in [1.82, 2.24) is 0 Å². The van der Waals surface area contributed by atoms with Crippen LogP contribution in [0.1, 0.15) is 15.9 Å². The third-order valence-electron chi connectivity index (χ3n) is 3.24. The minimum atomic E-state index is -0.702. The van der Waals surface area contributed by atoms with Crippen molar-refractivity contribution in [2.45, 2.75) is 6.92 Å². The lowest BCUT2D eigenvalue weighted by molar-refractivity contribution is -0.385. The number of ether oxygens (including phenoxy) is 2. The van der Waals surface area contributed by atoms with Gasteiger partial charge in [0.05, 0.1) is 17.6 Å². The predicted molar refractivity (Wildman–Crippen MR) is 89.7 cm³/mol. The van der Waals surface area contributed by atoms with Gasteiger partial charge in [0.25, 0.3) is 5.91 Å². The topological polar surface area (TPSA) is 108 Å². The molecule has 0 aromatic heterocycles. The lowest BCUT2D eigenvalue weighted by Gasteiger charge is -2.09. The van der Waals surface area contributed by atoms with Crippen LogP contribution in [0.2, 0.25) is 0 Å². The summed E-state index contributed by atoms with van der Waals surface area (Å²) in [4.78, 5) is 33.8. The number of methoxy groups -OCH3 is 1. The van der Waals surface area contributed by atoms with Crippen molar-refractivity contribution in [2.24, 2.45) is 0 Å². The summed E-state index contributed by atoms with van der Waals surface area (Å²) in [5.41, 5.74) is 1.17. The van der Waals surface area contributed by atoms with Crippen LogP contribution < -0.4 is 10.1 Å². The summed E-state index contributed by atoms with van der Waals surface area (Å²) in [6.07, 6.45) is 0. The smallest absolute Gasteiger partial charge is 0.338 e. The quantitative estimate of drug-likeness (QED) is 0.490. The normalized spacial score (nSPS) is 10.0. The summed E-state index contributed by atoms with van der Waals surface area (Å²) in [6.45, 7) is 1.48. The van der Waals surface area contributed by atoms with Crippen molar-refractivity contribution >= 4 is 23.3 Å². The molecular weight excluding hydrogens is 328 g/mol. The van der Waals surface area contributed by atoms with Gasteiger partial charge in [-0.3, -0.25) is 14.9 Å². The Morgan fingerprint density at radius 3 is 2.60 bits per heavy atom. The van der Waals surface area contributed by atoms with E-state index in [2.05, 4.69) is 10.1 Å². The summed E-state index contributed by atoms with van der Waals surface area (Å²) in [6, 6.07) is 10.8. The molecule has 0 bridgehead atoms. The van der Waals surface area contributed by atoms with Crippen LogP contribution in [0.15, 0.2) is 42.5 Å². The first-order valence-corrected chi connectivity index (χ1v) is 7.27. The van der Waals surface area contributed by atoms with E-state index in [0.29, 0.717) is 5.69 Å². The molecule has 0 radical (unpaired) electrons. The fourth-order valence-corrected chi connectivity index (χ4v) is 2.09. The molecule has 8 nitrogen and oxygen atoms in total. The first kappa shape index (κ1) is 17.9. The zero-order valence-electron chi connectivity index (χ0n) is 13.6. The number of hydrogen-bond acceptors (Lipinski definition) is 6. The number of benzene rings is 2. The first-order chi connectivity index (χ1) is 11.9. The second-order valence-corrected chi connectivity index (χ2v) is 5.14. The van der Waals surface area contributed by atoms with Gasteiger partial charge in [0.15, 0.2) is 12.4 Å². The van der Waals surface area contributed by atoms with Crippen LogP contribution in [-0.4, -0.2) is 30.5 Å². The van der Waals surface area contributed by atoms with Crippen molar-refractivity contribution in [1.29, 1.82) is 0 Å². The SMILES string of the molecule is COC(=O)c1ccc(OCC(=O)Nc2cccc(C)c2)c([N+](=O)[O-])c1. The van der Waals surface area contributed by atoms with Crippen LogP contribution in [0, 0.1) is 17.0 Å². The van der Waals surface area contributed by atoms with E-state index in [1.54, 1.807) is 18.2 Å². The van der Waals surface area contributed by atoms with E-state index < -0.39 is 29.1 Å². The minimum Gasteiger partial charge on any atom is -0.477 e. The Bertz CT molecular complexity index is 819. The standard InChI is InChI=1S/C17H16N2O6/c1-11-4-3-5-13(8-11)18-16(20)10-25-15-7-6-12(17(21)24-2)9-14(15)19(22)23/h3-9H,10H2,1-2H3,(H,18,20). The minimum absolute atomic E-state index is 0.0192. The largest absolute Gasteiger partial charge is 0.477 e. The maximum atomic E-state index is 11.9. The maximum absolute atomic E-state index is 11.9. The van der Waals surface area contributed by atoms with Crippen LogP contribution in [-0.2, 0) is 9.53 Å². The molecule has 1 N–H and O–H groups in total. The number of carbonyl (C=O) groups is 2. The van der Waals surface area contributed by atoms with Crippen LogP contribution in [0.4, 0.5) is 11.4 Å². The van der Waals surface area contributed by atoms with Gasteiger partial charge >= 0.3 is 11.7 Å². The zero-order chi connectivity index (χ0) is 18.4. The average Bonchev–Trinajstić information content (AvgIpc) is 2.59. The van der Waals surface area contributed by atoms with Crippen LogP contribution in [0.25, 0.3) is 0 Å². The molecule has 8 heteroatoms. The molecule has 130 valence electrons. The fraction of sp³-hybridized carbons (Fsp3) is 0.176. The third kappa shape index (κ3) is 4.77. The number of amides is 1. The van der Waals surface area contributed by atoms with E-state index in [4.69, 9.17) is 4.74 Å². The molecule has 0 saturated carbocycles. The number of nitro benzene ring substituents is 1. The Balaban J connectivity index is 2.07. The number of carbonyl (C=O) groups excluding carboxylic acids is 2. The Labute approximate surface area is 143 Å². The van der Waals surface area contributed by atoms with Gasteiger partial charge in [0.1, 0.15) is 0 Å². The number of nitrogens with one attached hydrogen (secondary N) is 1.